The van der Waals surface area contributed by atoms with E-state index in [1.165, 1.54) is 16.9 Å². The lowest BCUT2D eigenvalue weighted by Gasteiger charge is -1.95. The van der Waals surface area contributed by atoms with Gasteiger partial charge >= 0.3 is 5.82 Å². The Bertz CT molecular complexity index is 568. The first-order valence-electron chi connectivity index (χ1n) is 6.41. The van der Waals surface area contributed by atoms with Crippen LogP contribution < -0.4 is 0 Å². The Morgan fingerprint density at radius 1 is 1.15 bits per heavy atom. The maximum atomic E-state index is 10.4. The SMILES string of the molecule is CC.CC.N#Cc1ccc(-n2ccc([N+](=O)[O-])n2)cc1. The molecule has 0 amide bonds. The molecule has 1 aromatic carbocycles. The molecule has 0 aliphatic carbocycles. The molecule has 0 spiro atoms. The molecule has 0 saturated carbocycles. The minimum absolute atomic E-state index is 0.204. The minimum atomic E-state index is -0.555. The fourth-order valence-electron chi connectivity index (χ4n) is 1.24. The van der Waals surface area contributed by atoms with Crippen LogP contribution in [0.15, 0.2) is 36.5 Å². The average molecular weight is 274 g/mol. The van der Waals surface area contributed by atoms with Crippen molar-refractivity contribution in [1.29, 1.82) is 5.26 Å². The number of nitriles is 1. The maximum Gasteiger partial charge on any atom is 0.390 e. The zero-order chi connectivity index (χ0) is 15.5. The zero-order valence-electron chi connectivity index (χ0n) is 12.1. The Morgan fingerprint density at radius 3 is 2.10 bits per heavy atom. The fourth-order valence-corrected chi connectivity index (χ4v) is 1.24. The molecule has 0 bridgehead atoms. The van der Waals surface area contributed by atoms with Gasteiger partial charge in [0.25, 0.3) is 0 Å². The maximum absolute atomic E-state index is 10.4. The first kappa shape index (κ1) is 17.3. The average Bonchev–Trinajstić information content (AvgIpc) is 3.01. The topological polar surface area (TPSA) is 84.8 Å². The van der Waals surface area contributed by atoms with Crippen molar-refractivity contribution < 1.29 is 4.92 Å². The van der Waals surface area contributed by atoms with Crippen LogP contribution in [0.5, 0.6) is 0 Å². The lowest BCUT2D eigenvalue weighted by atomic mass is 10.2. The Morgan fingerprint density at radius 2 is 1.70 bits per heavy atom. The van der Waals surface area contributed by atoms with Crippen molar-refractivity contribution in [3.8, 4) is 11.8 Å². The standard InChI is InChI=1S/C10H6N4O2.2C2H6/c11-7-8-1-3-9(4-2-8)13-6-5-10(12-13)14(15)16;2*1-2/h1-6H;2*1-2H3. The smallest absolute Gasteiger partial charge is 0.358 e. The van der Waals surface area contributed by atoms with Crippen molar-refractivity contribution >= 4 is 5.82 Å². The number of hydrogen-bond donors (Lipinski definition) is 0. The van der Waals surface area contributed by atoms with Crippen molar-refractivity contribution in [2.75, 3.05) is 0 Å². The highest BCUT2D eigenvalue weighted by atomic mass is 16.6. The summed E-state index contributed by atoms with van der Waals surface area (Å²) < 4.78 is 1.39. The third-order valence-electron chi connectivity index (χ3n) is 2.02. The van der Waals surface area contributed by atoms with Crippen LogP contribution in [0.25, 0.3) is 5.69 Å². The molecule has 106 valence electrons. The predicted molar refractivity (Wildman–Crippen MR) is 77.6 cm³/mol. The van der Waals surface area contributed by atoms with Crippen LogP contribution in [0.2, 0.25) is 0 Å². The van der Waals surface area contributed by atoms with E-state index in [9.17, 15) is 10.1 Å². The molecule has 0 aliphatic heterocycles. The normalized spacial score (nSPS) is 8.35. The summed E-state index contributed by atoms with van der Waals surface area (Å²) >= 11 is 0. The Labute approximate surface area is 118 Å². The molecule has 0 unspecified atom stereocenters. The zero-order valence-corrected chi connectivity index (χ0v) is 12.1. The largest absolute Gasteiger partial charge is 0.390 e. The van der Waals surface area contributed by atoms with Gasteiger partial charge in [-0.15, -0.1) is 4.68 Å². The minimum Gasteiger partial charge on any atom is -0.358 e. The van der Waals surface area contributed by atoms with E-state index in [1.54, 1.807) is 24.3 Å². The second-order valence-corrected chi connectivity index (χ2v) is 3.03. The predicted octanol–water partition coefficient (Wildman–Crippen LogP) is 3.70. The van der Waals surface area contributed by atoms with Gasteiger partial charge in [0.2, 0.25) is 0 Å². The fraction of sp³-hybridized carbons (Fsp3) is 0.286. The van der Waals surface area contributed by atoms with Crippen LogP contribution in [0.3, 0.4) is 0 Å². The van der Waals surface area contributed by atoms with E-state index in [1.807, 2.05) is 33.8 Å². The molecule has 1 heterocycles. The quantitative estimate of drug-likeness (QED) is 0.617. The van der Waals surface area contributed by atoms with Gasteiger partial charge in [0.05, 0.1) is 34.7 Å². The van der Waals surface area contributed by atoms with Crippen LogP contribution in [0.1, 0.15) is 33.3 Å². The summed E-state index contributed by atoms with van der Waals surface area (Å²) in [5.74, 6) is -0.204. The van der Waals surface area contributed by atoms with Crippen molar-refractivity contribution in [2.24, 2.45) is 0 Å². The van der Waals surface area contributed by atoms with E-state index in [0.717, 1.165) is 0 Å². The van der Waals surface area contributed by atoms with Crippen molar-refractivity contribution in [1.82, 2.24) is 9.78 Å². The molecule has 6 heteroatoms. The number of aromatic nitrogens is 2. The Kier molecular flexibility index (Phi) is 8.03. The van der Waals surface area contributed by atoms with Gasteiger partial charge in [-0.25, -0.2) is 0 Å². The van der Waals surface area contributed by atoms with E-state index in [0.29, 0.717) is 11.3 Å². The molecule has 2 rings (SSSR count). The van der Waals surface area contributed by atoms with E-state index in [4.69, 9.17) is 5.26 Å². The van der Waals surface area contributed by atoms with Crippen LogP contribution in [-0.2, 0) is 0 Å². The van der Waals surface area contributed by atoms with Crippen molar-refractivity contribution in [3.63, 3.8) is 0 Å². The molecule has 6 nitrogen and oxygen atoms in total. The van der Waals surface area contributed by atoms with E-state index in [-0.39, 0.29) is 5.82 Å². The first-order chi connectivity index (χ1) is 9.70. The number of hydrogen-bond acceptors (Lipinski definition) is 4. The van der Waals surface area contributed by atoms with E-state index in [2.05, 4.69) is 5.10 Å². The molecule has 1 aromatic heterocycles. The van der Waals surface area contributed by atoms with Crippen LogP contribution in [-0.4, -0.2) is 14.7 Å². The highest BCUT2D eigenvalue weighted by Crippen LogP contribution is 2.12. The summed E-state index contributed by atoms with van der Waals surface area (Å²) in [5.41, 5.74) is 1.21. The highest BCUT2D eigenvalue weighted by Gasteiger charge is 2.11. The second-order valence-electron chi connectivity index (χ2n) is 3.03. The number of nitrogens with zero attached hydrogens (tertiary/aromatic N) is 4. The number of benzene rings is 1. The van der Waals surface area contributed by atoms with Gasteiger partial charge in [0.1, 0.15) is 0 Å². The van der Waals surface area contributed by atoms with Crippen LogP contribution >= 0.6 is 0 Å². The molecule has 2 aromatic rings. The molecule has 0 atom stereocenters. The van der Waals surface area contributed by atoms with E-state index >= 15 is 0 Å². The van der Waals surface area contributed by atoms with Gasteiger partial charge in [-0.3, -0.25) is 0 Å². The summed E-state index contributed by atoms with van der Waals surface area (Å²) in [6.45, 7) is 8.00. The summed E-state index contributed by atoms with van der Waals surface area (Å²) in [6.07, 6.45) is 1.50. The second kappa shape index (κ2) is 9.28. The third-order valence-corrected chi connectivity index (χ3v) is 2.02. The summed E-state index contributed by atoms with van der Waals surface area (Å²) in [6, 6.07) is 9.92. The first-order valence-corrected chi connectivity index (χ1v) is 6.41. The molecular formula is C14H18N4O2. The van der Waals surface area contributed by atoms with Gasteiger partial charge in [0, 0.05) is 0 Å². The van der Waals surface area contributed by atoms with Crippen molar-refractivity contribution in [2.45, 2.75) is 27.7 Å². The molecule has 0 saturated heterocycles. The molecular weight excluding hydrogens is 256 g/mol. The van der Waals surface area contributed by atoms with Crippen LogP contribution in [0.4, 0.5) is 5.82 Å². The lowest BCUT2D eigenvalue weighted by molar-refractivity contribution is -0.389. The number of nitro groups is 1. The monoisotopic (exact) mass is 274 g/mol. The molecule has 20 heavy (non-hydrogen) atoms. The number of rotatable bonds is 2. The highest BCUT2D eigenvalue weighted by molar-refractivity contribution is 5.39. The van der Waals surface area contributed by atoms with Crippen molar-refractivity contribution in [3.05, 3.63) is 52.2 Å². The summed E-state index contributed by atoms with van der Waals surface area (Å²) in [4.78, 5) is 9.88. The Balaban J connectivity index is 0.000000829. The molecule has 0 fully saturated rings. The summed E-state index contributed by atoms with van der Waals surface area (Å²) in [7, 11) is 0. The third kappa shape index (κ3) is 4.53. The van der Waals surface area contributed by atoms with Gasteiger partial charge in [0.15, 0.2) is 0 Å². The molecule has 0 radical (unpaired) electrons. The molecule has 0 N–H and O–H groups in total. The van der Waals surface area contributed by atoms with Gasteiger partial charge in [-0.05, 0) is 29.2 Å². The van der Waals surface area contributed by atoms with Gasteiger partial charge < -0.3 is 10.1 Å². The Hall–Kier alpha value is -2.68. The molecule has 0 aliphatic rings. The van der Waals surface area contributed by atoms with E-state index < -0.39 is 4.92 Å². The van der Waals surface area contributed by atoms with Gasteiger partial charge in [-0.2, -0.15) is 5.26 Å². The van der Waals surface area contributed by atoms with Crippen LogP contribution in [0, 0.1) is 21.4 Å². The summed E-state index contributed by atoms with van der Waals surface area (Å²) in [5, 5.41) is 22.8. The van der Waals surface area contributed by atoms with Gasteiger partial charge in [-0.1, -0.05) is 27.7 Å². The lowest BCUT2D eigenvalue weighted by Crippen LogP contribution is -1.96.